The summed E-state index contributed by atoms with van der Waals surface area (Å²) in [5.74, 6) is 6.08. The van der Waals surface area contributed by atoms with Gasteiger partial charge in [-0.1, -0.05) is 6.07 Å². The van der Waals surface area contributed by atoms with Gasteiger partial charge in [-0.3, -0.25) is 4.90 Å². The molecule has 0 aliphatic carbocycles. The van der Waals surface area contributed by atoms with Crippen molar-refractivity contribution in [2.75, 3.05) is 38.7 Å². The molecule has 1 aliphatic rings. The molecule has 1 aromatic heterocycles. The van der Waals surface area contributed by atoms with Crippen molar-refractivity contribution in [1.82, 2.24) is 14.8 Å². The Balaban J connectivity index is 1.76. The number of nitrogens with zero attached hydrogens (tertiary/aromatic N) is 3. The number of nitrogen functional groups attached to an aromatic ring is 1. The summed E-state index contributed by atoms with van der Waals surface area (Å²) in [5, 5.41) is 0. The SMILES string of the molecule is CN(CCN1CCCC1)Cc1cccc(NN)n1. The van der Waals surface area contributed by atoms with Crippen molar-refractivity contribution in [1.29, 1.82) is 0 Å². The van der Waals surface area contributed by atoms with Gasteiger partial charge < -0.3 is 10.3 Å². The Bertz CT molecular complexity index is 362. The maximum absolute atomic E-state index is 5.36. The van der Waals surface area contributed by atoms with Gasteiger partial charge in [0.25, 0.3) is 0 Å². The van der Waals surface area contributed by atoms with Crippen LogP contribution in [0.2, 0.25) is 0 Å². The zero-order valence-electron chi connectivity index (χ0n) is 11.1. The molecule has 100 valence electrons. The Morgan fingerprint density at radius 1 is 1.39 bits per heavy atom. The monoisotopic (exact) mass is 249 g/mol. The van der Waals surface area contributed by atoms with Crippen LogP contribution in [0, 0.1) is 0 Å². The smallest absolute Gasteiger partial charge is 0.140 e. The fraction of sp³-hybridized carbons (Fsp3) is 0.615. The van der Waals surface area contributed by atoms with Gasteiger partial charge in [0.1, 0.15) is 5.82 Å². The van der Waals surface area contributed by atoms with E-state index in [9.17, 15) is 0 Å². The van der Waals surface area contributed by atoms with E-state index in [1.807, 2.05) is 18.2 Å². The van der Waals surface area contributed by atoms with Gasteiger partial charge in [0.15, 0.2) is 0 Å². The largest absolute Gasteiger partial charge is 0.308 e. The summed E-state index contributed by atoms with van der Waals surface area (Å²) in [7, 11) is 2.14. The van der Waals surface area contributed by atoms with Crippen molar-refractivity contribution in [2.45, 2.75) is 19.4 Å². The molecule has 2 rings (SSSR count). The summed E-state index contributed by atoms with van der Waals surface area (Å²) in [6.07, 6.45) is 2.71. The number of nitrogens with two attached hydrogens (primary N) is 1. The van der Waals surface area contributed by atoms with Gasteiger partial charge in [-0.2, -0.15) is 0 Å². The molecule has 1 saturated heterocycles. The minimum atomic E-state index is 0.723. The van der Waals surface area contributed by atoms with E-state index in [2.05, 4.69) is 27.3 Å². The summed E-state index contributed by atoms with van der Waals surface area (Å²) in [6, 6.07) is 5.88. The molecule has 1 aliphatic heterocycles. The van der Waals surface area contributed by atoms with E-state index < -0.39 is 0 Å². The van der Waals surface area contributed by atoms with Gasteiger partial charge in [0.05, 0.1) is 5.69 Å². The first kappa shape index (κ1) is 13.3. The summed E-state index contributed by atoms with van der Waals surface area (Å²) >= 11 is 0. The third kappa shape index (κ3) is 3.94. The van der Waals surface area contributed by atoms with E-state index in [0.717, 1.165) is 31.1 Å². The fourth-order valence-corrected chi connectivity index (χ4v) is 2.32. The predicted molar refractivity (Wildman–Crippen MR) is 74.1 cm³/mol. The molecular formula is C13H23N5. The van der Waals surface area contributed by atoms with Crippen molar-refractivity contribution < 1.29 is 0 Å². The summed E-state index contributed by atoms with van der Waals surface area (Å²) in [5.41, 5.74) is 3.63. The lowest BCUT2D eigenvalue weighted by Gasteiger charge is -2.21. The molecule has 0 saturated carbocycles. The van der Waals surface area contributed by atoms with Crippen LogP contribution >= 0.6 is 0 Å². The summed E-state index contributed by atoms with van der Waals surface area (Å²) in [4.78, 5) is 9.26. The second kappa shape index (κ2) is 6.68. The van der Waals surface area contributed by atoms with Crippen LogP contribution in [-0.2, 0) is 6.54 Å². The number of aromatic nitrogens is 1. The predicted octanol–water partition coefficient (Wildman–Crippen LogP) is 0.895. The second-order valence-corrected chi connectivity index (χ2v) is 4.95. The molecular weight excluding hydrogens is 226 g/mol. The van der Waals surface area contributed by atoms with E-state index in [0.29, 0.717) is 0 Å². The third-order valence-corrected chi connectivity index (χ3v) is 3.38. The molecule has 3 N–H and O–H groups in total. The molecule has 0 atom stereocenters. The topological polar surface area (TPSA) is 57.4 Å². The van der Waals surface area contributed by atoms with Gasteiger partial charge in [-0.25, -0.2) is 10.8 Å². The van der Waals surface area contributed by atoms with Crippen LogP contribution in [0.3, 0.4) is 0 Å². The number of rotatable bonds is 6. The quantitative estimate of drug-likeness (QED) is 0.579. The third-order valence-electron chi connectivity index (χ3n) is 3.38. The zero-order valence-corrected chi connectivity index (χ0v) is 11.1. The maximum atomic E-state index is 5.36. The van der Waals surface area contributed by atoms with Gasteiger partial charge in [-0.15, -0.1) is 0 Å². The van der Waals surface area contributed by atoms with Crippen LogP contribution < -0.4 is 11.3 Å². The minimum absolute atomic E-state index is 0.723. The molecule has 0 radical (unpaired) electrons. The highest BCUT2D eigenvalue weighted by Gasteiger charge is 2.11. The van der Waals surface area contributed by atoms with Crippen LogP contribution in [0.15, 0.2) is 18.2 Å². The molecule has 2 heterocycles. The lowest BCUT2D eigenvalue weighted by atomic mass is 10.3. The molecule has 5 heteroatoms. The van der Waals surface area contributed by atoms with Gasteiger partial charge in [-0.05, 0) is 45.1 Å². The van der Waals surface area contributed by atoms with Crippen molar-refractivity contribution in [3.05, 3.63) is 23.9 Å². The molecule has 1 aromatic rings. The normalized spacial score (nSPS) is 16.4. The standard InChI is InChI=1S/C13H23N5/c1-17(9-10-18-7-2-3-8-18)11-12-5-4-6-13(15-12)16-14/h4-6H,2-3,7-11,14H2,1H3,(H,15,16). The van der Waals surface area contributed by atoms with Gasteiger partial charge >= 0.3 is 0 Å². The number of pyridine rings is 1. The minimum Gasteiger partial charge on any atom is -0.308 e. The molecule has 0 aromatic carbocycles. The van der Waals surface area contributed by atoms with Gasteiger partial charge in [0.2, 0.25) is 0 Å². The van der Waals surface area contributed by atoms with Crippen molar-refractivity contribution in [3.8, 4) is 0 Å². The molecule has 0 spiro atoms. The van der Waals surface area contributed by atoms with Crippen LogP contribution in [0.4, 0.5) is 5.82 Å². The van der Waals surface area contributed by atoms with Gasteiger partial charge in [0, 0.05) is 19.6 Å². The van der Waals surface area contributed by atoms with Crippen molar-refractivity contribution in [3.63, 3.8) is 0 Å². The van der Waals surface area contributed by atoms with Crippen LogP contribution in [-0.4, -0.2) is 48.0 Å². The highest BCUT2D eigenvalue weighted by atomic mass is 15.3. The highest BCUT2D eigenvalue weighted by molar-refractivity contribution is 5.33. The van der Waals surface area contributed by atoms with Crippen LogP contribution in [0.1, 0.15) is 18.5 Å². The van der Waals surface area contributed by atoms with E-state index in [4.69, 9.17) is 5.84 Å². The second-order valence-electron chi connectivity index (χ2n) is 4.95. The van der Waals surface area contributed by atoms with Crippen LogP contribution in [0.5, 0.6) is 0 Å². The lowest BCUT2D eigenvalue weighted by Crippen LogP contribution is -2.31. The maximum Gasteiger partial charge on any atom is 0.140 e. The Hall–Kier alpha value is -1.17. The van der Waals surface area contributed by atoms with E-state index in [1.54, 1.807) is 0 Å². The number of likely N-dealkylation sites (N-methyl/N-ethyl adjacent to an activating group) is 1. The molecule has 5 nitrogen and oxygen atoms in total. The number of likely N-dealkylation sites (tertiary alicyclic amines) is 1. The number of hydrogen-bond donors (Lipinski definition) is 2. The first-order valence-corrected chi connectivity index (χ1v) is 6.61. The molecule has 0 bridgehead atoms. The van der Waals surface area contributed by atoms with Crippen molar-refractivity contribution >= 4 is 5.82 Å². The lowest BCUT2D eigenvalue weighted by molar-refractivity contribution is 0.251. The van der Waals surface area contributed by atoms with E-state index in [-0.39, 0.29) is 0 Å². The molecule has 0 unspecified atom stereocenters. The summed E-state index contributed by atoms with van der Waals surface area (Å²) < 4.78 is 0. The first-order chi connectivity index (χ1) is 8.78. The number of hydrazine groups is 1. The summed E-state index contributed by atoms with van der Waals surface area (Å²) in [6.45, 7) is 5.63. The Morgan fingerprint density at radius 3 is 2.89 bits per heavy atom. The Kier molecular flexibility index (Phi) is 4.92. The van der Waals surface area contributed by atoms with E-state index >= 15 is 0 Å². The van der Waals surface area contributed by atoms with Crippen molar-refractivity contribution in [2.24, 2.45) is 5.84 Å². The fourth-order valence-electron chi connectivity index (χ4n) is 2.32. The Morgan fingerprint density at radius 2 is 2.17 bits per heavy atom. The first-order valence-electron chi connectivity index (χ1n) is 6.61. The number of anilines is 1. The highest BCUT2D eigenvalue weighted by Crippen LogP contribution is 2.08. The number of hydrogen-bond acceptors (Lipinski definition) is 5. The van der Waals surface area contributed by atoms with E-state index in [1.165, 1.54) is 25.9 Å². The Labute approximate surface area is 109 Å². The average molecular weight is 249 g/mol. The van der Waals surface area contributed by atoms with Crippen LogP contribution in [0.25, 0.3) is 0 Å². The zero-order chi connectivity index (χ0) is 12.8. The number of nitrogens with one attached hydrogen (secondary N) is 1. The molecule has 0 amide bonds. The molecule has 18 heavy (non-hydrogen) atoms. The average Bonchev–Trinajstić information content (AvgIpc) is 2.90. The molecule has 1 fully saturated rings.